The molecule has 0 aromatic heterocycles. The molecule has 0 unspecified atom stereocenters. The fourth-order valence-corrected chi connectivity index (χ4v) is 2.71. The highest BCUT2D eigenvalue weighted by Crippen LogP contribution is 2.40. The Morgan fingerprint density at radius 1 is 0.885 bits per heavy atom. The number of amides is 2. The number of methoxy groups -OCH3 is 3. The average molecular weight is 354 g/mol. The van der Waals surface area contributed by atoms with Crippen LogP contribution >= 0.6 is 0 Å². The van der Waals surface area contributed by atoms with E-state index in [-0.39, 0.29) is 5.57 Å². The van der Waals surface area contributed by atoms with E-state index in [1.54, 1.807) is 36.4 Å². The summed E-state index contributed by atoms with van der Waals surface area (Å²) in [4.78, 5) is 25.0. The summed E-state index contributed by atoms with van der Waals surface area (Å²) in [6.45, 7) is 0. The molecule has 26 heavy (non-hydrogen) atoms. The van der Waals surface area contributed by atoms with Crippen molar-refractivity contribution in [2.45, 2.75) is 0 Å². The van der Waals surface area contributed by atoms with Gasteiger partial charge in [-0.1, -0.05) is 18.2 Å². The minimum Gasteiger partial charge on any atom is -0.493 e. The lowest BCUT2D eigenvalue weighted by Crippen LogP contribution is -2.35. The molecule has 7 heteroatoms. The zero-order valence-corrected chi connectivity index (χ0v) is 14.6. The normalized spacial score (nSPS) is 15.2. The fourth-order valence-electron chi connectivity index (χ4n) is 2.71. The maximum Gasteiger partial charge on any atom is 0.282 e. The molecule has 1 aliphatic rings. The predicted octanol–water partition coefficient (Wildman–Crippen LogP) is 2.17. The molecule has 0 aliphatic carbocycles. The molecule has 1 fully saturated rings. The molecule has 1 aliphatic heterocycles. The minimum absolute atomic E-state index is 0.000581. The lowest BCUT2D eigenvalue weighted by molar-refractivity contribution is -0.117. The summed E-state index contributed by atoms with van der Waals surface area (Å²) in [5, 5.41) is 1.21. The second-order valence-corrected chi connectivity index (χ2v) is 5.40. The molecule has 2 aromatic carbocycles. The number of hydrazine groups is 1. The van der Waals surface area contributed by atoms with Crippen molar-refractivity contribution in [2.75, 3.05) is 26.3 Å². The van der Waals surface area contributed by atoms with Crippen LogP contribution < -0.4 is 24.6 Å². The van der Waals surface area contributed by atoms with E-state index in [0.29, 0.717) is 28.5 Å². The van der Waals surface area contributed by atoms with Crippen molar-refractivity contribution in [1.82, 2.24) is 5.43 Å². The number of carbonyl (C=O) groups is 2. The molecule has 2 aromatic rings. The standard InChI is InChI=1S/C19H18N2O5/c1-24-15-10-9-12(16(25-2)17(15)26-3)11-14-18(22)20-21(19(14)23)13-7-5-4-6-8-13/h4-11H,1-3H3,(H,20,22)/b14-11+. The molecule has 1 N–H and O–H groups in total. The van der Waals surface area contributed by atoms with Crippen LogP contribution in [0.25, 0.3) is 6.08 Å². The zero-order valence-electron chi connectivity index (χ0n) is 14.6. The Bertz CT molecular complexity index is 877. The molecule has 0 atom stereocenters. The van der Waals surface area contributed by atoms with Gasteiger partial charge in [-0.15, -0.1) is 0 Å². The Kier molecular flexibility index (Phi) is 4.79. The Balaban J connectivity index is 2.03. The van der Waals surface area contributed by atoms with Gasteiger partial charge in [0.15, 0.2) is 11.5 Å². The number of para-hydroxylation sites is 1. The Morgan fingerprint density at radius 2 is 1.58 bits per heavy atom. The molecule has 0 spiro atoms. The number of benzene rings is 2. The van der Waals surface area contributed by atoms with E-state index >= 15 is 0 Å². The molecule has 0 radical (unpaired) electrons. The molecule has 3 rings (SSSR count). The van der Waals surface area contributed by atoms with Gasteiger partial charge in [0.25, 0.3) is 11.8 Å². The largest absolute Gasteiger partial charge is 0.493 e. The average Bonchev–Trinajstić information content (AvgIpc) is 2.96. The summed E-state index contributed by atoms with van der Waals surface area (Å²) in [6.07, 6.45) is 1.47. The highest BCUT2D eigenvalue weighted by molar-refractivity contribution is 6.31. The van der Waals surface area contributed by atoms with E-state index in [4.69, 9.17) is 14.2 Å². The van der Waals surface area contributed by atoms with Gasteiger partial charge in [0.1, 0.15) is 5.57 Å². The first kappa shape index (κ1) is 17.3. The predicted molar refractivity (Wildman–Crippen MR) is 96.1 cm³/mol. The van der Waals surface area contributed by atoms with Gasteiger partial charge in [-0.2, -0.15) is 0 Å². The third-order valence-corrected chi connectivity index (χ3v) is 3.94. The van der Waals surface area contributed by atoms with Crippen molar-refractivity contribution >= 4 is 23.6 Å². The van der Waals surface area contributed by atoms with Crippen LogP contribution in [0.2, 0.25) is 0 Å². The van der Waals surface area contributed by atoms with Gasteiger partial charge in [0.2, 0.25) is 5.75 Å². The van der Waals surface area contributed by atoms with Crippen LogP contribution in [0.1, 0.15) is 5.56 Å². The smallest absolute Gasteiger partial charge is 0.282 e. The summed E-state index contributed by atoms with van der Waals surface area (Å²) in [5.74, 6) is 0.307. The maximum absolute atomic E-state index is 12.7. The van der Waals surface area contributed by atoms with Gasteiger partial charge < -0.3 is 14.2 Å². The lowest BCUT2D eigenvalue weighted by atomic mass is 10.1. The number of hydrogen-bond donors (Lipinski definition) is 1. The van der Waals surface area contributed by atoms with E-state index < -0.39 is 11.8 Å². The monoisotopic (exact) mass is 354 g/mol. The van der Waals surface area contributed by atoms with E-state index in [1.807, 2.05) is 6.07 Å². The highest BCUT2D eigenvalue weighted by Gasteiger charge is 2.34. The van der Waals surface area contributed by atoms with Crippen LogP contribution in [0.3, 0.4) is 0 Å². The van der Waals surface area contributed by atoms with E-state index in [9.17, 15) is 9.59 Å². The molecular weight excluding hydrogens is 336 g/mol. The second kappa shape index (κ2) is 7.18. The van der Waals surface area contributed by atoms with Crippen molar-refractivity contribution < 1.29 is 23.8 Å². The number of nitrogens with one attached hydrogen (secondary N) is 1. The number of carbonyl (C=O) groups excluding carboxylic acids is 2. The zero-order chi connectivity index (χ0) is 18.7. The van der Waals surface area contributed by atoms with Gasteiger partial charge >= 0.3 is 0 Å². The number of rotatable bonds is 5. The first-order valence-electron chi connectivity index (χ1n) is 7.81. The van der Waals surface area contributed by atoms with Gasteiger partial charge in [0.05, 0.1) is 27.0 Å². The number of hydrogen-bond acceptors (Lipinski definition) is 5. The van der Waals surface area contributed by atoms with Crippen LogP contribution in [0.4, 0.5) is 5.69 Å². The van der Waals surface area contributed by atoms with Crippen LogP contribution in [0, 0.1) is 0 Å². The van der Waals surface area contributed by atoms with Crippen molar-refractivity contribution in [2.24, 2.45) is 0 Å². The fraction of sp³-hybridized carbons (Fsp3) is 0.158. The molecule has 1 heterocycles. The van der Waals surface area contributed by atoms with Gasteiger partial charge in [-0.3, -0.25) is 15.0 Å². The van der Waals surface area contributed by atoms with Crippen molar-refractivity contribution in [1.29, 1.82) is 0 Å². The van der Waals surface area contributed by atoms with Crippen LogP contribution in [0.5, 0.6) is 17.2 Å². The molecule has 2 amide bonds. The summed E-state index contributed by atoms with van der Waals surface area (Å²) < 4.78 is 16.0. The van der Waals surface area contributed by atoms with Crippen molar-refractivity contribution in [3.8, 4) is 17.2 Å². The van der Waals surface area contributed by atoms with Gasteiger partial charge in [0, 0.05) is 5.56 Å². The first-order chi connectivity index (χ1) is 12.6. The van der Waals surface area contributed by atoms with Crippen molar-refractivity contribution in [3.63, 3.8) is 0 Å². The summed E-state index contributed by atoms with van der Waals surface area (Å²) in [6, 6.07) is 12.2. The number of nitrogens with zero attached hydrogens (tertiary/aromatic N) is 1. The van der Waals surface area contributed by atoms with Crippen LogP contribution in [-0.2, 0) is 9.59 Å². The third kappa shape index (κ3) is 2.95. The molecule has 0 bridgehead atoms. The van der Waals surface area contributed by atoms with Gasteiger partial charge in [-0.25, -0.2) is 5.01 Å². The van der Waals surface area contributed by atoms with E-state index in [0.717, 1.165) is 0 Å². The molecule has 1 saturated heterocycles. The van der Waals surface area contributed by atoms with Gasteiger partial charge in [-0.05, 0) is 30.3 Å². The van der Waals surface area contributed by atoms with Crippen LogP contribution in [0.15, 0.2) is 48.0 Å². The Morgan fingerprint density at radius 3 is 2.19 bits per heavy atom. The molecular formula is C19H18N2O5. The molecule has 134 valence electrons. The molecule has 7 nitrogen and oxygen atoms in total. The molecule has 0 saturated carbocycles. The Hall–Kier alpha value is -3.48. The quantitative estimate of drug-likeness (QED) is 0.658. The highest BCUT2D eigenvalue weighted by atomic mass is 16.5. The SMILES string of the molecule is COc1ccc(/C=C2\C(=O)NN(c3ccccc3)C2=O)c(OC)c1OC. The van der Waals surface area contributed by atoms with Crippen molar-refractivity contribution in [3.05, 3.63) is 53.6 Å². The third-order valence-electron chi connectivity index (χ3n) is 3.94. The Labute approximate surface area is 150 Å². The summed E-state index contributed by atoms with van der Waals surface area (Å²) >= 11 is 0. The summed E-state index contributed by atoms with van der Waals surface area (Å²) in [7, 11) is 4.48. The summed E-state index contributed by atoms with van der Waals surface area (Å²) in [5.41, 5.74) is 3.66. The maximum atomic E-state index is 12.7. The number of anilines is 1. The minimum atomic E-state index is -0.490. The lowest BCUT2D eigenvalue weighted by Gasteiger charge is -2.14. The second-order valence-electron chi connectivity index (χ2n) is 5.40. The van der Waals surface area contributed by atoms with E-state index in [1.165, 1.54) is 32.4 Å². The van der Waals surface area contributed by atoms with Crippen LogP contribution in [-0.4, -0.2) is 33.1 Å². The number of ether oxygens (including phenoxy) is 3. The first-order valence-corrected chi connectivity index (χ1v) is 7.81. The topological polar surface area (TPSA) is 77.1 Å². The van der Waals surface area contributed by atoms with E-state index in [2.05, 4.69) is 5.43 Å².